The molecular formula is C21H18N2O8. The predicted octanol–water partition coefficient (Wildman–Crippen LogP) is 2.16. The quantitative estimate of drug-likeness (QED) is 0.285. The van der Waals surface area contributed by atoms with Gasteiger partial charge < -0.3 is 14.4 Å². The molecule has 160 valence electrons. The van der Waals surface area contributed by atoms with Crippen LogP contribution < -0.4 is 4.90 Å². The summed E-state index contributed by atoms with van der Waals surface area (Å²) in [5, 5.41) is 10.7. The summed E-state index contributed by atoms with van der Waals surface area (Å²) in [7, 11) is 1.27. The summed E-state index contributed by atoms with van der Waals surface area (Å²) in [5.41, 5.74) is 0.875. The number of anilines is 1. The van der Waals surface area contributed by atoms with Crippen LogP contribution in [0.1, 0.15) is 27.1 Å². The van der Waals surface area contributed by atoms with E-state index in [2.05, 4.69) is 4.74 Å². The van der Waals surface area contributed by atoms with Gasteiger partial charge in [-0.25, -0.2) is 4.79 Å². The van der Waals surface area contributed by atoms with E-state index in [0.717, 1.165) is 0 Å². The summed E-state index contributed by atoms with van der Waals surface area (Å²) < 4.78 is 9.68. The fraction of sp³-hybridized carbons (Fsp3) is 0.238. The van der Waals surface area contributed by atoms with Gasteiger partial charge >= 0.3 is 11.9 Å². The van der Waals surface area contributed by atoms with Gasteiger partial charge in [0.1, 0.15) is 0 Å². The van der Waals surface area contributed by atoms with Crippen LogP contribution in [0.3, 0.4) is 0 Å². The van der Waals surface area contributed by atoms with Gasteiger partial charge in [0, 0.05) is 36.3 Å². The van der Waals surface area contributed by atoms with Crippen molar-refractivity contribution < 1.29 is 33.6 Å². The second-order valence-corrected chi connectivity index (χ2v) is 6.78. The van der Waals surface area contributed by atoms with Crippen molar-refractivity contribution >= 4 is 35.0 Å². The molecule has 0 aliphatic carbocycles. The highest BCUT2D eigenvalue weighted by molar-refractivity contribution is 6.01. The van der Waals surface area contributed by atoms with Crippen LogP contribution in [0.4, 0.5) is 11.4 Å². The third-order valence-electron chi connectivity index (χ3n) is 4.80. The number of nitro benzene ring substituents is 1. The van der Waals surface area contributed by atoms with E-state index < -0.39 is 35.2 Å². The number of methoxy groups -OCH3 is 1. The average Bonchev–Trinajstić information content (AvgIpc) is 3.18. The number of carbonyl (C=O) groups excluding carboxylic acids is 4. The molecule has 0 spiro atoms. The Morgan fingerprint density at radius 1 is 1.06 bits per heavy atom. The molecule has 1 fully saturated rings. The number of hydrogen-bond donors (Lipinski definition) is 0. The highest BCUT2D eigenvalue weighted by Gasteiger charge is 2.36. The number of carbonyl (C=O) groups is 4. The SMILES string of the molecule is COC(=O)c1ccc(N2C[C@H](C(=O)OCC(=O)c3ccc([N+](=O)[O-])cc3)CC2=O)cc1. The van der Waals surface area contributed by atoms with E-state index in [4.69, 9.17) is 4.74 Å². The smallest absolute Gasteiger partial charge is 0.337 e. The number of rotatable bonds is 7. The lowest BCUT2D eigenvalue weighted by molar-refractivity contribution is -0.384. The van der Waals surface area contributed by atoms with Gasteiger partial charge in [0.2, 0.25) is 5.91 Å². The molecule has 1 aliphatic heterocycles. The molecule has 1 saturated heterocycles. The van der Waals surface area contributed by atoms with Crippen molar-refractivity contribution in [1.82, 2.24) is 0 Å². The molecule has 2 aromatic carbocycles. The number of ether oxygens (including phenoxy) is 2. The van der Waals surface area contributed by atoms with Gasteiger partial charge in [0.15, 0.2) is 12.4 Å². The summed E-state index contributed by atoms with van der Waals surface area (Å²) in [4.78, 5) is 59.8. The summed E-state index contributed by atoms with van der Waals surface area (Å²) >= 11 is 0. The standard InChI is InChI=1S/C21H18N2O8/c1-30-20(26)14-4-6-16(7-5-14)22-11-15(10-19(22)25)21(27)31-12-18(24)13-2-8-17(9-3-13)23(28)29/h2-9,15H,10-12H2,1H3/t15-/m1/s1. The first-order valence-electron chi connectivity index (χ1n) is 9.23. The zero-order valence-corrected chi connectivity index (χ0v) is 16.5. The molecule has 3 rings (SSSR count). The van der Waals surface area contributed by atoms with Crippen LogP contribution in [0.15, 0.2) is 48.5 Å². The molecule has 0 saturated carbocycles. The first kappa shape index (κ1) is 21.6. The van der Waals surface area contributed by atoms with Crippen molar-refractivity contribution in [1.29, 1.82) is 0 Å². The molecule has 2 aromatic rings. The van der Waals surface area contributed by atoms with Gasteiger partial charge in [-0.1, -0.05) is 0 Å². The molecule has 10 heteroatoms. The Morgan fingerprint density at radius 2 is 1.68 bits per heavy atom. The van der Waals surface area contributed by atoms with Crippen molar-refractivity contribution in [2.24, 2.45) is 5.92 Å². The van der Waals surface area contributed by atoms with E-state index in [1.807, 2.05) is 0 Å². The van der Waals surface area contributed by atoms with E-state index in [1.165, 1.54) is 48.4 Å². The highest BCUT2D eigenvalue weighted by Crippen LogP contribution is 2.26. The number of Topliss-reactive ketones (excluding diaryl/α,β-unsaturated/α-hetero) is 1. The third kappa shape index (κ3) is 4.92. The molecule has 0 unspecified atom stereocenters. The molecular weight excluding hydrogens is 408 g/mol. The minimum atomic E-state index is -0.738. The minimum Gasteiger partial charge on any atom is -0.465 e. The molecule has 1 atom stereocenters. The molecule has 0 N–H and O–H groups in total. The average molecular weight is 426 g/mol. The van der Waals surface area contributed by atoms with Crippen LogP contribution >= 0.6 is 0 Å². The number of esters is 2. The van der Waals surface area contributed by atoms with Crippen molar-refractivity contribution in [2.45, 2.75) is 6.42 Å². The zero-order valence-electron chi connectivity index (χ0n) is 16.5. The second-order valence-electron chi connectivity index (χ2n) is 6.78. The van der Waals surface area contributed by atoms with Gasteiger partial charge in [0.05, 0.1) is 23.5 Å². The van der Waals surface area contributed by atoms with Crippen LogP contribution in [0.2, 0.25) is 0 Å². The van der Waals surface area contributed by atoms with E-state index >= 15 is 0 Å². The maximum atomic E-state index is 12.3. The van der Waals surface area contributed by atoms with Crippen LogP contribution in [0, 0.1) is 16.0 Å². The number of non-ortho nitro benzene ring substituents is 1. The fourth-order valence-electron chi connectivity index (χ4n) is 3.12. The van der Waals surface area contributed by atoms with Crippen LogP contribution in [0.25, 0.3) is 0 Å². The van der Waals surface area contributed by atoms with E-state index in [-0.39, 0.29) is 30.1 Å². The van der Waals surface area contributed by atoms with E-state index in [0.29, 0.717) is 11.3 Å². The molecule has 0 aromatic heterocycles. The van der Waals surface area contributed by atoms with Gasteiger partial charge in [-0.3, -0.25) is 24.5 Å². The Hall–Kier alpha value is -4.08. The summed E-state index contributed by atoms with van der Waals surface area (Å²) in [6.45, 7) is -0.448. The summed E-state index contributed by atoms with van der Waals surface area (Å²) in [6, 6.07) is 11.1. The zero-order chi connectivity index (χ0) is 22.5. The Balaban J connectivity index is 1.56. The second kappa shape index (κ2) is 9.16. The third-order valence-corrected chi connectivity index (χ3v) is 4.80. The molecule has 0 radical (unpaired) electrons. The van der Waals surface area contributed by atoms with Gasteiger partial charge in [0.25, 0.3) is 5.69 Å². The Labute approximate surface area is 176 Å². The normalized spacial score (nSPS) is 15.5. The maximum absolute atomic E-state index is 12.3. The van der Waals surface area contributed by atoms with Crippen molar-refractivity contribution in [3.05, 3.63) is 69.8 Å². The summed E-state index contributed by atoms with van der Waals surface area (Å²) in [5.74, 6) is -2.72. The van der Waals surface area contributed by atoms with Crippen molar-refractivity contribution in [3.8, 4) is 0 Å². The van der Waals surface area contributed by atoms with Gasteiger partial charge in [-0.05, 0) is 36.4 Å². The highest BCUT2D eigenvalue weighted by atomic mass is 16.6. The topological polar surface area (TPSA) is 133 Å². The molecule has 1 aliphatic rings. The molecule has 10 nitrogen and oxygen atoms in total. The number of amides is 1. The lowest BCUT2D eigenvalue weighted by atomic mass is 10.1. The maximum Gasteiger partial charge on any atom is 0.337 e. The van der Waals surface area contributed by atoms with Gasteiger partial charge in [-0.15, -0.1) is 0 Å². The largest absolute Gasteiger partial charge is 0.465 e. The molecule has 1 amide bonds. The lowest BCUT2D eigenvalue weighted by Gasteiger charge is -2.16. The number of nitrogens with zero attached hydrogens (tertiary/aromatic N) is 2. The Bertz CT molecular complexity index is 1030. The van der Waals surface area contributed by atoms with Crippen LogP contribution in [-0.4, -0.2) is 48.8 Å². The number of hydrogen-bond acceptors (Lipinski definition) is 8. The lowest BCUT2D eigenvalue weighted by Crippen LogP contribution is -2.27. The first-order valence-corrected chi connectivity index (χ1v) is 9.23. The molecule has 31 heavy (non-hydrogen) atoms. The van der Waals surface area contributed by atoms with Crippen molar-refractivity contribution in [3.63, 3.8) is 0 Å². The minimum absolute atomic E-state index is 0.0662. The van der Waals surface area contributed by atoms with Gasteiger partial charge in [-0.2, -0.15) is 0 Å². The van der Waals surface area contributed by atoms with E-state index in [9.17, 15) is 29.3 Å². The molecule has 1 heterocycles. The first-order chi connectivity index (χ1) is 14.8. The molecule has 0 bridgehead atoms. The number of benzene rings is 2. The van der Waals surface area contributed by atoms with Crippen LogP contribution in [-0.2, 0) is 19.1 Å². The summed E-state index contributed by atoms with van der Waals surface area (Å²) in [6.07, 6.45) is -0.0662. The van der Waals surface area contributed by atoms with Crippen molar-refractivity contribution in [2.75, 3.05) is 25.2 Å². The number of nitro groups is 1. The fourth-order valence-corrected chi connectivity index (χ4v) is 3.12. The monoisotopic (exact) mass is 426 g/mol. The number of ketones is 1. The predicted molar refractivity (Wildman–Crippen MR) is 107 cm³/mol. The Kier molecular flexibility index (Phi) is 6.39. The van der Waals surface area contributed by atoms with E-state index in [1.54, 1.807) is 12.1 Å². The Morgan fingerprint density at radius 3 is 2.26 bits per heavy atom. The van der Waals surface area contributed by atoms with Crippen LogP contribution in [0.5, 0.6) is 0 Å².